The maximum atomic E-state index is 12.8. The summed E-state index contributed by atoms with van der Waals surface area (Å²) in [5, 5.41) is 6.93. The van der Waals surface area contributed by atoms with Crippen molar-refractivity contribution in [3.8, 4) is 0 Å². The van der Waals surface area contributed by atoms with E-state index in [0.29, 0.717) is 28.9 Å². The molecule has 0 bridgehead atoms. The minimum Gasteiger partial charge on any atom is -0.385 e. The van der Waals surface area contributed by atoms with E-state index in [0.717, 1.165) is 43.2 Å². The van der Waals surface area contributed by atoms with Crippen molar-refractivity contribution in [1.82, 2.24) is 10.3 Å². The third kappa shape index (κ3) is 5.31. The highest BCUT2D eigenvalue weighted by Gasteiger charge is 2.26. The molecule has 2 aromatic rings. The number of carbonyl (C=O) groups is 2. The largest absolute Gasteiger partial charge is 0.385 e. The Balaban J connectivity index is 1.73. The van der Waals surface area contributed by atoms with Crippen LogP contribution >= 0.6 is 22.9 Å². The number of amides is 2. The Morgan fingerprint density at radius 3 is 2.86 bits per heavy atom. The lowest BCUT2D eigenvalue weighted by Gasteiger charge is -2.13. The monoisotopic (exact) mass is 421 g/mol. The van der Waals surface area contributed by atoms with Crippen molar-refractivity contribution in [3.63, 3.8) is 0 Å². The molecule has 2 amide bonds. The van der Waals surface area contributed by atoms with Gasteiger partial charge in [0.2, 0.25) is 5.91 Å². The molecule has 0 aromatic carbocycles. The fourth-order valence-corrected chi connectivity index (χ4v) is 4.68. The van der Waals surface area contributed by atoms with Gasteiger partial charge >= 0.3 is 0 Å². The number of thiophene rings is 1. The highest BCUT2D eigenvalue weighted by Crippen LogP contribution is 2.38. The lowest BCUT2D eigenvalue weighted by atomic mass is 9.95. The van der Waals surface area contributed by atoms with Gasteiger partial charge in [-0.25, -0.2) is 4.98 Å². The second-order valence-electron chi connectivity index (χ2n) is 6.73. The van der Waals surface area contributed by atoms with Crippen molar-refractivity contribution in [2.24, 2.45) is 0 Å². The van der Waals surface area contributed by atoms with Crippen LogP contribution in [0, 0.1) is 0 Å². The van der Waals surface area contributed by atoms with Crippen LogP contribution in [-0.4, -0.2) is 37.1 Å². The van der Waals surface area contributed by atoms with Crippen LogP contribution in [-0.2, 0) is 28.8 Å². The SMILES string of the molecule is COCCCNC(=O)c1c(NC(=O)Cc2ccc(Cl)nc2)sc2c1CCCC2. The van der Waals surface area contributed by atoms with E-state index in [2.05, 4.69) is 15.6 Å². The van der Waals surface area contributed by atoms with E-state index in [4.69, 9.17) is 16.3 Å². The molecule has 0 radical (unpaired) electrons. The van der Waals surface area contributed by atoms with E-state index in [9.17, 15) is 9.59 Å². The molecule has 0 unspecified atom stereocenters. The maximum Gasteiger partial charge on any atom is 0.254 e. The molecule has 0 saturated carbocycles. The summed E-state index contributed by atoms with van der Waals surface area (Å²) < 4.78 is 5.03. The van der Waals surface area contributed by atoms with E-state index in [1.807, 2.05) is 0 Å². The zero-order valence-electron chi connectivity index (χ0n) is 15.8. The van der Waals surface area contributed by atoms with Crippen LogP contribution in [0.15, 0.2) is 18.3 Å². The fourth-order valence-electron chi connectivity index (χ4n) is 3.27. The molecule has 28 heavy (non-hydrogen) atoms. The zero-order valence-corrected chi connectivity index (χ0v) is 17.4. The van der Waals surface area contributed by atoms with Gasteiger partial charge in [-0.2, -0.15) is 0 Å². The summed E-state index contributed by atoms with van der Waals surface area (Å²) in [5.41, 5.74) is 2.48. The van der Waals surface area contributed by atoms with Gasteiger partial charge < -0.3 is 15.4 Å². The molecule has 0 spiro atoms. The summed E-state index contributed by atoms with van der Waals surface area (Å²) in [7, 11) is 1.64. The van der Waals surface area contributed by atoms with Crippen LogP contribution in [0.2, 0.25) is 5.15 Å². The number of halogens is 1. The molecular formula is C20H24ClN3O3S. The lowest BCUT2D eigenvalue weighted by Crippen LogP contribution is -2.27. The van der Waals surface area contributed by atoms with E-state index in [-0.39, 0.29) is 18.2 Å². The van der Waals surface area contributed by atoms with Gasteiger partial charge in [0.05, 0.1) is 12.0 Å². The predicted octanol–water partition coefficient (Wildman–Crippen LogP) is 3.62. The normalized spacial score (nSPS) is 13.1. The number of methoxy groups -OCH3 is 1. The fraction of sp³-hybridized carbons (Fsp3) is 0.450. The van der Waals surface area contributed by atoms with Crippen LogP contribution in [0.5, 0.6) is 0 Å². The van der Waals surface area contributed by atoms with Gasteiger partial charge in [0.15, 0.2) is 0 Å². The molecule has 2 aromatic heterocycles. The van der Waals surface area contributed by atoms with Crippen molar-refractivity contribution in [1.29, 1.82) is 0 Å². The number of carbonyl (C=O) groups excluding carboxylic acids is 2. The predicted molar refractivity (Wildman–Crippen MR) is 111 cm³/mol. The molecule has 2 heterocycles. The molecule has 150 valence electrons. The summed E-state index contributed by atoms with van der Waals surface area (Å²) in [4.78, 5) is 30.6. The molecule has 0 aliphatic heterocycles. The number of nitrogens with one attached hydrogen (secondary N) is 2. The number of aryl methyl sites for hydroxylation is 1. The molecule has 3 rings (SSSR count). The third-order valence-electron chi connectivity index (χ3n) is 4.62. The van der Waals surface area contributed by atoms with Crippen molar-refractivity contribution < 1.29 is 14.3 Å². The number of pyridine rings is 1. The molecule has 1 aliphatic rings. The van der Waals surface area contributed by atoms with E-state index in [1.54, 1.807) is 25.4 Å². The van der Waals surface area contributed by atoms with E-state index < -0.39 is 0 Å². The lowest BCUT2D eigenvalue weighted by molar-refractivity contribution is -0.115. The van der Waals surface area contributed by atoms with Crippen molar-refractivity contribution >= 4 is 39.8 Å². The Bertz CT molecular complexity index is 836. The van der Waals surface area contributed by atoms with E-state index in [1.165, 1.54) is 16.2 Å². The number of ether oxygens (including phenoxy) is 1. The molecule has 2 N–H and O–H groups in total. The topological polar surface area (TPSA) is 80.3 Å². The summed E-state index contributed by atoms with van der Waals surface area (Å²) in [6.45, 7) is 1.14. The highest BCUT2D eigenvalue weighted by atomic mass is 35.5. The average molecular weight is 422 g/mol. The highest BCUT2D eigenvalue weighted by molar-refractivity contribution is 7.17. The van der Waals surface area contributed by atoms with Gasteiger partial charge in [0.1, 0.15) is 10.2 Å². The van der Waals surface area contributed by atoms with Crippen molar-refractivity contribution in [3.05, 3.63) is 45.1 Å². The average Bonchev–Trinajstić information content (AvgIpc) is 3.04. The summed E-state index contributed by atoms with van der Waals surface area (Å²) in [6, 6.07) is 3.44. The van der Waals surface area contributed by atoms with Gasteiger partial charge in [0, 0.05) is 31.3 Å². The van der Waals surface area contributed by atoms with Crippen LogP contribution in [0.3, 0.4) is 0 Å². The quantitative estimate of drug-likeness (QED) is 0.504. The molecule has 1 aliphatic carbocycles. The zero-order chi connectivity index (χ0) is 19.9. The molecular weight excluding hydrogens is 398 g/mol. The Hall–Kier alpha value is -1.96. The first-order valence-electron chi connectivity index (χ1n) is 9.40. The third-order valence-corrected chi connectivity index (χ3v) is 6.05. The summed E-state index contributed by atoms with van der Waals surface area (Å²) >= 11 is 7.31. The molecule has 0 saturated heterocycles. The number of hydrogen-bond donors (Lipinski definition) is 2. The minimum atomic E-state index is -0.170. The number of nitrogens with zero attached hydrogens (tertiary/aromatic N) is 1. The number of anilines is 1. The first-order chi connectivity index (χ1) is 13.6. The second-order valence-corrected chi connectivity index (χ2v) is 8.22. The first kappa shape index (κ1) is 20.8. The van der Waals surface area contributed by atoms with Gasteiger partial charge in [-0.15, -0.1) is 11.3 Å². The van der Waals surface area contributed by atoms with Gasteiger partial charge in [-0.05, 0) is 49.3 Å². The summed E-state index contributed by atoms with van der Waals surface area (Å²) in [5.74, 6) is -0.296. The maximum absolute atomic E-state index is 12.8. The van der Waals surface area contributed by atoms with Gasteiger partial charge in [-0.3, -0.25) is 9.59 Å². The number of rotatable bonds is 8. The summed E-state index contributed by atoms with van der Waals surface area (Å²) in [6.07, 6.45) is 6.54. The smallest absolute Gasteiger partial charge is 0.254 e. The Labute approximate surface area is 173 Å². The molecule has 6 nitrogen and oxygen atoms in total. The van der Waals surface area contributed by atoms with Crippen LogP contribution < -0.4 is 10.6 Å². The van der Waals surface area contributed by atoms with Gasteiger partial charge in [-0.1, -0.05) is 17.7 Å². The Morgan fingerprint density at radius 2 is 2.11 bits per heavy atom. The molecule has 0 fully saturated rings. The van der Waals surface area contributed by atoms with E-state index >= 15 is 0 Å². The standard InChI is InChI=1S/C20H24ClN3O3S/c1-27-10-4-9-22-19(26)18-14-5-2-3-6-15(14)28-20(18)24-17(25)11-13-7-8-16(21)23-12-13/h7-8,12H,2-6,9-11H2,1H3,(H,22,26)(H,24,25). The Kier molecular flexibility index (Phi) is 7.42. The first-order valence-corrected chi connectivity index (χ1v) is 10.6. The number of hydrogen-bond acceptors (Lipinski definition) is 5. The number of aromatic nitrogens is 1. The second kappa shape index (κ2) is 10.0. The van der Waals surface area contributed by atoms with Crippen molar-refractivity contribution in [2.45, 2.75) is 38.5 Å². The van der Waals surface area contributed by atoms with Gasteiger partial charge in [0.25, 0.3) is 5.91 Å². The van der Waals surface area contributed by atoms with Crippen LogP contribution in [0.4, 0.5) is 5.00 Å². The van der Waals surface area contributed by atoms with Crippen LogP contribution in [0.1, 0.15) is 45.6 Å². The number of fused-ring (bicyclic) bond motifs is 1. The van der Waals surface area contributed by atoms with Crippen LogP contribution in [0.25, 0.3) is 0 Å². The molecule has 8 heteroatoms. The Morgan fingerprint density at radius 1 is 1.29 bits per heavy atom. The minimum absolute atomic E-state index is 0.126. The van der Waals surface area contributed by atoms with Crippen molar-refractivity contribution in [2.75, 3.05) is 25.6 Å². The molecule has 0 atom stereocenters.